The van der Waals surface area contributed by atoms with Gasteiger partial charge in [0.25, 0.3) is 5.91 Å². The van der Waals surface area contributed by atoms with Crippen LogP contribution < -0.4 is 10.1 Å². The number of hydrogen-bond donors (Lipinski definition) is 1. The number of Topliss-reactive ketones (excluding diaryl/α,β-unsaturated/α-hetero) is 1. The van der Waals surface area contributed by atoms with Crippen LogP contribution in [-0.4, -0.2) is 43.3 Å². The Hall–Kier alpha value is -2.31. The summed E-state index contributed by atoms with van der Waals surface area (Å²) in [4.78, 5) is 27.5. The van der Waals surface area contributed by atoms with Crippen LogP contribution in [0.25, 0.3) is 0 Å². The molecule has 2 aliphatic rings. The number of nitrogens with zero attached hydrogens (tertiary/aromatic N) is 1. The Kier molecular flexibility index (Phi) is 6.10. The third-order valence-electron chi connectivity index (χ3n) is 5.50. The molecule has 150 valence electrons. The van der Waals surface area contributed by atoms with Crippen molar-refractivity contribution in [2.45, 2.75) is 32.2 Å². The van der Waals surface area contributed by atoms with Crippen molar-refractivity contribution in [1.29, 1.82) is 0 Å². The quantitative estimate of drug-likeness (QED) is 0.849. The number of ether oxygens (including phenoxy) is 1. The van der Waals surface area contributed by atoms with Crippen LogP contribution in [-0.2, 0) is 6.42 Å². The van der Waals surface area contributed by atoms with Crippen LogP contribution in [0.1, 0.15) is 56.7 Å². The van der Waals surface area contributed by atoms with Crippen LogP contribution in [0.2, 0.25) is 0 Å². The summed E-state index contributed by atoms with van der Waals surface area (Å²) in [6.07, 6.45) is 2.02. The summed E-state index contributed by atoms with van der Waals surface area (Å²) in [6.45, 7) is 3.75. The van der Waals surface area contributed by atoms with Crippen LogP contribution in [0.3, 0.4) is 0 Å². The molecule has 1 aliphatic carbocycles. The van der Waals surface area contributed by atoms with Gasteiger partial charge >= 0.3 is 0 Å². The van der Waals surface area contributed by atoms with Gasteiger partial charge in [-0.05, 0) is 19.4 Å². The molecule has 1 amide bonds. The molecule has 6 nitrogen and oxygen atoms in total. The van der Waals surface area contributed by atoms with Gasteiger partial charge in [0.15, 0.2) is 11.5 Å². The lowest BCUT2D eigenvalue weighted by atomic mass is 9.93. The van der Waals surface area contributed by atoms with Gasteiger partial charge in [-0.15, -0.1) is 12.4 Å². The number of rotatable bonds is 3. The SMILES string of the molecule is COc1ccccc1C1CNCCN1C(=O)c1oc2c(c1C)C(=O)CCC2.Cl. The molecule has 0 bridgehead atoms. The molecule has 4 rings (SSSR count). The lowest BCUT2D eigenvalue weighted by molar-refractivity contribution is 0.0595. The highest BCUT2D eigenvalue weighted by molar-refractivity contribution is 6.03. The predicted molar refractivity (Wildman–Crippen MR) is 108 cm³/mol. The van der Waals surface area contributed by atoms with Crippen molar-refractivity contribution in [1.82, 2.24) is 10.2 Å². The lowest BCUT2D eigenvalue weighted by Crippen LogP contribution is -2.48. The Morgan fingerprint density at radius 2 is 2.07 bits per heavy atom. The summed E-state index contributed by atoms with van der Waals surface area (Å²) in [5, 5.41) is 3.36. The molecule has 28 heavy (non-hydrogen) atoms. The second kappa shape index (κ2) is 8.37. The molecule has 0 saturated carbocycles. The number of nitrogens with one attached hydrogen (secondary N) is 1. The monoisotopic (exact) mass is 404 g/mol. The maximum absolute atomic E-state index is 13.4. The number of aryl methyl sites for hydroxylation is 1. The van der Waals surface area contributed by atoms with E-state index in [2.05, 4.69) is 5.32 Å². The van der Waals surface area contributed by atoms with Crippen LogP contribution >= 0.6 is 12.4 Å². The van der Waals surface area contributed by atoms with Gasteiger partial charge < -0.3 is 19.4 Å². The molecule has 1 aliphatic heterocycles. The van der Waals surface area contributed by atoms with E-state index >= 15 is 0 Å². The Morgan fingerprint density at radius 3 is 2.82 bits per heavy atom. The van der Waals surface area contributed by atoms with Gasteiger partial charge in [-0.3, -0.25) is 9.59 Å². The number of benzene rings is 1. The average molecular weight is 405 g/mol. The maximum atomic E-state index is 13.4. The van der Waals surface area contributed by atoms with E-state index in [-0.39, 0.29) is 30.1 Å². The average Bonchev–Trinajstić information content (AvgIpc) is 3.05. The zero-order valence-electron chi connectivity index (χ0n) is 16.1. The molecular weight excluding hydrogens is 380 g/mol. The van der Waals surface area contributed by atoms with Crippen molar-refractivity contribution in [2.24, 2.45) is 0 Å². The van der Waals surface area contributed by atoms with Crippen LogP contribution in [0.5, 0.6) is 5.75 Å². The van der Waals surface area contributed by atoms with Gasteiger partial charge in [0, 0.05) is 43.6 Å². The first-order chi connectivity index (χ1) is 13.1. The van der Waals surface area contributed by atoms with Gasteiger partial charge in [-0.25, -0.2) is 0 Å². The Labute approximate surface area is 170 Å². The smallest absolute Gasteiger partial charge is 0.290 e. The number of carbonyl (C=O) groups excluding carboxylic acids is 2. The molecule has 1 atom stereocenters. The van der Waals surface area contributed by atoms with Gasteiger partial charge in [-0.1, -0.05) is 18.2 Å². The number of fused-ring (bicyclic) bond motifs is 1. The number of ketones is 1. The summed E-state index contributed by atoms with van der Waals surface area (Å²) in [5.74, 6) is 1.65. The van der Waals surface area contributed by atoms with Crippen molar-refractivity contribution in [3.63, 3.8) is 0 Å². The Balaban J connectivity index is 0.00000225. The third-order valence-corrected chi connectivity index (χ3v) is 5.50. The minimum absolute atomic E-state index is 0. The fourth-order valence-electron chi connectivity index (χ4n) is 4.15. The van der Waals surface area contributed by atoms with Gasteiger partial charge in [0.2, 0.25) is 0 Å². The van der Waals surface area contributed by atoms with E-state index < -0.39 is 0 Å². The number of halogens is 1. The predicted octanol–water partition coefficient (Wildman–Crippen LogP) is 3.32. The molecule has 1 aromatic carbocycles. The van der Waals surface area contributed by atoms with E-state index in [0.717, 1.165) is 24.3 Å². The number of furan rings is 1. The number of piperazine rings is 1. The van der Waals surface area contributed by atoms with Crippen molar-refractivity contribution in [3.8, 4) is 5.75 Å². The topological polar surface area (TPSA) is 71.8 Å². The van der Waals surface area contributed by atoms with Crippen LogP contribution in [0.4, 0.5) is 0 Å². The number of methoxy groups -OCH3 is 1. The molecule has 1 fully saturated rings. The van der Waals surface area contributed by atoms with Crippen LogP contribution in [0.15, 0.2) is 28.7 Å². The summed E-state index contributed by atoms with van der Waals surface area (Å²) in [5.41, 5.74) is 2.26. The molecule has 0 spiro atoms. The molecular formula is C21H25ClN2O4. The van der Waals surface area contributed by atoms with E-state index in [0.29, 0.717) is 48.6 Å². The molecule has 1 N–H and O–H groups in total. The Morgan fingerprint density at radius 1 is 1.29 bits per heavy atom. The number of carbonyl (C=O) groups is 2. The largest absolute Gasteiger partial charge is 0.496 e. The fourth-order valence-corrected chi connectivity index (χ4v) is 4.15. The van der Waals surface area contributed by atoms with Crippen LogP contribution in [0, 0.1) is 6.92 Å². The highest BCUT2D eigenvalue weighted by Crippen LogP contribution is 2.34. The summed E-state index contributed by atoms with van der Waals surface area (Å²) in [6, 6.07) is 7.60. The molecule has 0 radical (unpaired) electrons. The summed E-state index contributed by atoms with van der Waals surface area (Å²) >= 11 is 0. The second-order valence-corrected chi connectivity index (χ2v) is 7.09. The van der Waals surface area contributed by atoms with Crippen molar-refractivity contribution >= 4 is 24.1 Å². The Bertz CT molecular complexity index is 893. The number of amides is 1. The highest BCUT2D eigenvalue weighted by atomic mass is 35.5. The second-order valence-electron chi connectivity index (χ2n) is 7.09. The fraction of sp³-hybridized carbons (Fsp3) is 0.429. The van der Waals surface area contributed by atoms with E-state index in [4.69, 9.17) is 9.15 Å². The minimum atomic E-state index is -0.160. The normalized spacial score (nSPS) is 19.0. The molecule has 2 aromatic rings. The zero-order chi connectivity index (χ0) is 19.0. The summed E-state index contributed by atoms with van der Waals surface area (Å²) < 4.78 is 11.4. The van der Waals surface area contributed by atoms with Crippen molar-refractivity contribution in [3.05, 3.63) is 52.5 Å². The first-order valence-corrected chi connectivity index (χ1v) is 9.42. The molecule has 7 heteroatoms. The molecule has 1 unspecified atom stereocenters. The first kappa shape index (κ1) is 20.4. The minimum Gasteiger partial charge on any atom is -0.496 e. The number of hydrogen-bond acceptors (Lipinski definition) is 5. The van der Waals surface area contributed by atoms with Gasteiger partial charge in [0.1, 0.15) is 11.5 Å². The lowest BCUT2D eigenvalue weighted by Gasteiger charge is -2.36. The molecule has 1 saturated heterocycles. The van der Waals surface area contributed by atoms with E-state index in [1.165, 1.54) is 0 Å². The summed E-state index contributed by atoms with van der Waals surface area (Å²) in [7, 11) is 1.64. The van der Waals surface area contributed by atoms with E-state index in [9.17, 15) is 9.59 Å². The standard InChI is InChI=1S/C21H24N2O4.ClH/c1-13-19-16(24)7-5-9-18(19)27-20(13)21(25)23-11-10-22-12-15(23)14-6-3-4-8-17(14)26-2;/h3-4,6,8,15,22H,5,7,9-12H2,1-2H3;1H. The van der Waals surface area contributed by atoms with E-state index in [1.807, 2.05) is 36.1 Å². The number of para-hydroxylation sites is 1. The van der Waals surface area contributed by atoms with Gasteiger partial charge in [-0.2, -0.15) is 0 Å². The zero-order valence-corrected chi connectivity index (χ0v) is 16.9. The highest BCUT2D eigenvalue weighted by Gasteiger charge is 2.35. The van der Waals surface area contributed by atoms with E-state index in [1.54, 1.807) is 7.11 Å². The molecule has 1 aromatic heterocycles. The molecule has 2 heterocycles. The van der Waals surface area contributed by atoms with Gasteiger partial charge in [0.05, 0.1) is 18.7 Å². The van der Waals surface area contributed by atoms with Crippen molar-refractivity contribution in [2.75, 3.05) is 26.7 Å². The maximum Gasteiger partial charge on any atom is 0.290 e. The van der Waals surface area contributed by atoms with Crippen molar-refractivity contribution < 1.29 is 18.7 Å². The first-order valence-electron chi connectivity index (χ1n) is 9.42. The third kappa shape index (κ3) is 3.42.